The Bertz CT molecular complexity index is 1370. The number of ketones is 2. The van der Waals surface area contributed by atoms with Crippen molar-refractivity contribution in [3.8, 4) is 17.2 Å². The third-order valence-corrected chi connectivity index (χ3v) is 5.77. The highest BCUT2D eigenvalue weighted by atomic mass is 16.5. The molecule has 0 aliphatic heterocycles. The van der Waals surface area contributed by atoms with Gasteiger partial charge in [0, 0.05) is 5.56 Å². The smallest absolute Gasteiger partial charge is 0.163 e. The summed E-state index contributed by atoms with van der Waals surface area (Å²) in [5.74, 6) is 0.176. The first-order valence-electron chi connectivity index (χ1n) is 13.2. The molecule has 0 aliphatic carbocycles. The highest BCUT2D eigenvalue weighted by molar-refractivity contribution is 6.10. The van der Waals surface area contributed by atoms with Crippen molar-refractivity contribution >= 4 is 23.7 Å². The fourth-order valence-electron chi connectivity index (χ4n) is 3.62. The number of ether oxygens (including phenoxy) is 4. The van der Waals surface area contributed by atoms with Gasteiger partial charge in [0.2, 0.25) is 0 Å². The number of carbonyl (C=O) groups is 2. The summed E-state index contributed by atoms with van der Waals surface area (Å²) in [4.78, 5) is 24.5. The number of methoxy groups -OCH3 is 1. The van der Waals surface area contributed by atoms with Gasteiger partial charge in [0.1, 0.15) is 18.1 Å². The number of hydrogen-bond acceptors (Lipinski definition) is 11. The Hall–Kier alpha value is -4.36. The Kier molecular flexibility index (Phi) is 13.4. The van der Waals surface area contributed by atoms with Crippen LogP contribution in [0.15, 0.2) is 54.7 Å². The van der Waals surface area contributed by atoms with E-state index in [2.05, 4.69) is 10.3 Å². The van der Waals surface area contributed by atoms with Crippen LogP contribution in [0.5, 0.6) is 17.2 Å². The van der Waals surface area contributed by atoms with E-state index < -0.39 is 0 Å². The summed E-state index contributed by atoms with van der Waals surface area (Å²) in [6.45, 7) is 1.91. The summed E-state index contributed by atoms with van der Waals surface area (Å²) in [6.07, 6.45) is 7.19. The van der Waals surface area contributed by atoms with Crippen LogP contribution in [-0.2, 0) is 38.8 Å². The number of aliphatic hydroxyl groups is 2. The lowest BCUT2D eigenvalue weighted by Gasteiger charge is -2.10. The van der Waals surface area contributed by atoms with Gasteiger partial charge in [-0.15, -0.1) is 5.10 Å². The average molecular weight is 582 g/mol. The van der Waals surface area contributed by atoms with Crippen LogP contribution in [0.25, 0.3) is 12.2 Å². The highest BCUT2D eigenvalue weighted by Gasteiger charge is 2.09. The van der Waals surface area contributed by atoms with Crippen molar-refractivity contribution < 1.29 is 43.9 Å². The van der Waals surface area contributed by atoms with Gasteiger partial charge in [-0.3, -0.25) is 9.59 Å². The molecule has 0 aliphatic rings. The molecule has 0 fully saturated rings. The Morgan fingerprint density at radius 3 is 2.29 bits per heavy atom. The van der Waals surface area contributed by atoms with Crippen molar-refractivity contribution in [2.45, 2.75) is 26.2 Å². The highest BCUT2D eigenvalue weighted by Crippen LogP contribution is 2.29. The Balaban J connectivity index is 1.45. The van der Waals surface area contributed by atoms with Crippen LogP contribution in [-0.4, -0.2) is 82.0 Å². The molecule has 42 heavy (non-hydrogen) atoms. The largest absolute Gasteiger partial charge is 0.508 e. The molecule has 0 radical (unpaired) electrons. The normalized spacial score (nSPS) is 11.4. The minimum absolute atomic E-state index is 0.0143. The predicted molar refractivity (Wildman–Crippen MR) is 153 cm³/mol. The molecule has 3 rings (SSSR count). The maximum absolute atomic E-state index is 12.3. The van der Waals surface area contributed by atoms with Crippen molar-refractivity contribution in [3.05, 3.63) is 77.1 Å². The molecule has 0 amide bonds. The quantitative estimate of drug-likeness (QED) is 0.108. The Morgan fingerprint density at radius 1 is 0.905 bits per heavy atom. The predicted octanol–water partition coefficient (Wildman–Crippen LogP) is 2.34. The zero-order valence-corrected chi connectivity index (χ0v) is 23.3. The number of rotatable bonds is 19. The summed E-state index contributed by atoms with van der Waals surface area (Å²) in [7, 11) is 1.51. The molecule has 2 aromatic carbocycles. The number of allylic oxidation sites excluding steroid dienone is 2. The molecule has 1 aromatic heterocycles. The fraction of sp³-hybridized carbons (Fsp3) is 0.333. The summed E-state index contributed by atoms with van der Waals surface area (Å²) < 4.78 is 23.5. The number of carbonyl (C=O) groups excluding carboxylic acids is 2. The lowest BCUT2D eigenvalue weighted by atomic mass is 10.1. The first-order chi connectivity index (χ1) is 20.4. The second-order valence-electron chi connectivity index (χ2n) is 8.94. The van der Waals surface area contributed by atoms with Crippen LogP contribution in [0.4, 0.5) is 0 Å². The van der Waals surface area contributed by atoms with E-state index in [1.807, 2.05) is 0 Å². The monoisotopic (exact) mass is 581 g/mol. The van der Waals surface area contributed by atoms with E-state index in [4.69, 9.17) is 24.1 Å². The van der Waals surface area contributed by atoms with Crippen molar-refractivity contribution in [1.82, 2.24) is 15.0 Å². The molecule has 224 valence electrons. The summed E-state index contributed by atoms with van der Waals surface area (Å²) in [6, 6.07) is 9.77. The first kappa shape index (κ1) is 32.2. The molecule has 0 saturated carbocycles. The van der Waals surface area contributed by atoms with Crippen molar-refractivity contribution in [2.24, 2.45) is 0 Å². The SMILES string of the molecule is COc1cc(/C=C\C(=O)CC(=O)/C=C\c2ccc(O)c(CO)c2)ccc1OCc1cn(CCOCCOCCO)nn1. The van der Waals surface area contributed by atoms with Gasteiger partial charge in [0.15, 0.2) is 23.1 Å². The van der Waals surface area contributed by atoms with Gasteiger partial charge in [-0.25, -0.2) is 4.68 Å². The van der Waals surface area contributed by atoms with Gasteiger partial charge < -0.3 is 34.3 Å². The lowest BCUT2D eigenvalue weighted by Crippen LogP contribution is -2.11. The fourth-order valence-corrected chi connectivity index (χ4v) is 3.62. The van der Waals surface area contributed by atoms with Gasteiger partial charge in [-0.05, 0) is 47.5 Å². The van der Waals surface area contributed by atoms with E-state index in [0.29, 0.717) is 66.9 Å². The lowest BCUT2D eigenvalue weighted by molar-refractivity contribution is -0.121. The molecule has 12 heteroatoms. The zero-order chi connectivity index (χ0) is 30.2. The molecule has 1 heterocycles. The van der Waals surface area contributed by atoms with Crippen molar-refractivity contribution in [2.75, 3.05) is 40.1 Å². The van der Waals surface area contributed by atoms with E-state index in [9.17, 15) is 19.8 Å². The van der Waals surface area contributed by atoms with Crippen LogP contribution in [0.2, 0.25) is 0 Å². The zero-order valence-electron chi connectivity index (χ0n) is 23.3. The van der Waals surface area contributed by atoms with Gasteiger partial charge in [0.05, 0.1) is 65.9 Å². The number of benzene rings is 2. The van der Waals surface area contributed by atoms with E-state index in [0.717, 1.165) is 0 Å². The van der Waals surface area contributed by atoms with Gasteiger partial charge in [0.25, 0.3) is 0 Å². The van der Waals surface area contributed by atoms with Crippen molar-refractivity contribution in [1.29, 1.82) is 0 Å². The molecule has 0 bridgehead atoms. The molecule has 3 aromatic rings. The van der Waals surface area contributed by atoms with Crippen LogP contribution in [0.3, 0.4) is 0 Å². The van der Waals surface area contributed by atoms with Crippen molar-refractivity contribution in [3.63, 3.8) is 0 Å². The second kappa shape index (κ2) is 17.5. The molecule has 12 nitrogen and oxygen atoms in total. The van der Waals surface area contributed by atoms with Crippen LogP contribution in [0, 0.1) is 0 Å². The Labute approximate surface area is 243 Å². The molecule has 0 saturated heterocycles. The maximum Gasteiger partial charge on any atom is 0.163 e. The molecular formula is C30H35N3O9. The minimum atomic E-state index is -0.377. The summed E-state index contributed by atoms with van der Waals surface area (Å²) >= 11 is 0. The molecule has 0 unspecified atom stereocenters. The molecular weight excluding hydrogens is 546 g/mol. The summed E-state index contributed by atoms with van der Waals surface area (Å²) in [5, 5.41) is 35.7. The van der Waals surface area contributed by atoms with Crippen LogP contribution in [0.1, 0.15) is 28.8 Å². The van der Waals surface area contributed by atoms with E-state index in [-0.39, 0.29) is 43.6 Å². The van der Waals surface area contributed by atoms with Gasteiger partial charge >= 0.3 is 0 Å². The standard InChI is InChI=1S/C30H35N3O9/c1-39-30-17-23(3-7-27(37)18-26(36)6-2-22-4-8-28(38)24(16-22)20-35)5-9-29(30)42-21-25-19-33(32-31-25)10-12-40-14-15-41-13-11-34/h2-9,16-17,19,34-35,38H,10-15,18,20-21H2,1H3/b6-2-,7-3-. The number of aromatic hydroxyl groups is 1. The number of hydrogen-bond donors (Lipinski definition) is 3. The third-order valence-electron chi connectivity index (χ3n) is 5.77. The first-order valence-corrected chi connectivity index (χ1v) is 13.2. The van der Waals surface area contributed by atoms with Crippen LogP contribution < -0.4 is 9.47 Å². The van der Waals surface area contributed by atoms with Gasteiger partial charge in [-0.2, -0.15) is 0 Å². The topological polar surface area (TPSA) is 162 Å². The molecule has 3 N–H and O–H groups in total. The molecule has 0 atom stereocenters. The number of nitrogens with zero attached hydrogens (tertiary/aromatic N) is 3. The van der Waals surface area contributed by atoms with Crippen LogP contribution >= 0.6 is 0 Å². The number of aliphatic hydroxyl groups excluding tert-OH is 2. The molecule has 0 spiro atoms. The maximum atomic E-state index is 12.3. The van der Waals surface area contributed by atoms with E-state index >= 15 is 0 Å². The Morgan fingerprint density at radius 2 is 1.60 bits per heavy atom. The van der Waals surface area contributed by atoms with Gasteiger partial charge in [-0.1, -0.05) is 29.5 Å². The average Bonchev–Trinajstić information content (AvgIpc) is 3.45. The second-order valence-corrected chi connectivity index (χ2v) is 8.94. The van der Waals surface area contributed by atoms with E-state index in [1.165, 1.54) is 31.4 Å². The number of aromatic nitrogens is 3. The summed E-state index contributed by atoms with van der Waals surface area (Å²) in [5.41, 5.74) is 2.27. The minimum Gasteiger partial charge on any atom is -0.508 e. The number of phenols is 1. The third kappa shape index (κ3) is 10.9. The van der Waals surface area contributed by atoms with E-state index in [1.54, 1.807) is 47.3 Å².